The van der Waals surface area contributed by atoms with Crippen molar-refractivity contribution in [3.63, 3.8) is 0 Å². The summed E-state index contributed by atoms with van der Waals surface area (Å²) in [5.41, 5.74) is 3.87. The van der Waals surface area contributed by atoms with Gasteiger partial charge in [0.05, 0.1) is 6.04 Å². The SMILES string of the molecule is CC(C)C[C@@H](C(=O)N[C@@H](Cc1ccc(OCc2ccccc2)cc1)C(=O)NC(C)(C)C)N(C)Cc1ccc(N(C)C)cc1. The van der Waals surface area contributed by atoms with Gasteiger partial charge in [0.2, 0.25) is 11.8 Å². The van der Waals surface area contributed by atoms with Gasteiger partial charge in [-0.3, -0.25) is 14.5 Å². The number of likely N-dealkylation sites (N-methyl/N-ethyl adjacent to an activating group) is 1. The predicted octanol–water partition coefficient (Wildman–Crippen LogP) is 5.82. The summed E-state index contributed by atoms with van der Waals surface area (Å²) in [6.07, 6.45) is 1.05. The van der Waals surface area contributed by atoms with E-state index < -0.39 is 11.6 Å². The van der Waals surface area contributed by atoms with E-state index in [1.165, 1.54) is 0 Å². The summed E-state index contributed by atoms with van der Waals surface area (Å²) in [5.74, 6) is 0.720. The molecule has 43 heavy (non-hydrogen) atoms. The number of ether oxygens (including phenoxy) is 1. The molecule has 0 aromatic heterocycles. The fourth-order valence-electron chi connectivity index (χ4n) is 4.86. The zero-order valence-corrected chi connectivity index (χ0v) is 27.2. The topological polar surface area (TPSA) is 73.9 Å². The molecule has 3 rings (SSSR count). The van der Waals surface area contributed by atoms with Gasteiger partial charge in [-0.25, -0.2) is 0 Å². The summed E-state index contributed by atoms with van der Waals surface area (Å²) in [7, 11) is 6.01. The normalized spacial score (nSPS) is 13.0. The van der Waals surface area contributed by atoms with Gasteiger partial charge < -0.3 is 20.3 Å². The monoisotopic (exact) mass is 586 g/mol. The van der Waals surface area contributed by atoms with Crippen LogP contribution in [0.1, 0.15) is 57.7 Å². The molecule has 2 atom stereocenters. The molecule has 0 unspecified atom stereocenters. The van der Waals surface area contributed by atoms with Crippen LogP contribution in [0.15, 0.2) is 78.9 Å². The van der Waals surface area contributed by atoms with E-state index in [0.717, 1.165) is 28.1 Å². The number of amides is 2. The highest BCUT2D eigenvalue weighted by Gasteiger charge is 2.30. The minimum Gasteiger partial charge on any atom is -0.489 e. The third-order valence-electron chi connectivity index (χ3n) is 7.16. The van der Waals surface area contributed by atoms with Crippen LogP contribution in [-0.4, -0.2) is 55.5 Å². The second kappa shape index (κ2) is 15.6. The number of carbonyl (C=O) groups excluding carboxylic acids is 2. The third-order valence-corrected chi connectivity index (χ3v) is 7.16. The average Bonchev–Trinajstić information content (AvgIpc) is 2.95. The Balaban J connectivity index is 1.73. The first kappa shape index (κ1) is 33.7. The molecule has 0 aliphatic carbocycles. The van der Waals surface area contributed by atoms with Crippen molar-refractivity contribution in [1.82, 2.24) is 15.5 Å². The van der Waals surface area contributed by atoms with Crippen LogP contribution >= 0.6 is 0 Å². The van der Waals surface area contributed by atoms with Crippen LogP contribution in [0, 0.1) is 5.92 Å². The molecule has 3 aromatic carbocycles. The van der Waals surface area contributed by atoms with Crippen molar-refractivity contribution in [1.29, 1.82) is 0 Å². The molecule has 7 nitrogen and oxygen atoms in total. The molecule has 0 saturated heterocycles. The zero-order chi connectivity index (χ0) is 31.6. The number of nitrogens with zero attached hydrogens (tertiary/aromatic N) is 2. The molecule has 0 spiro atoms. The molecular formula is C36H50N4O3. The number of rotatable bonds is 14. The van der Waals surface area contributed by atoms with E-state index in [0.29, 0.717) is 31.9 Å². The van der Waals surface area contributed by atoms with E-state index in [1.807, 2.05) is 96.5 Å². The van der Waals surface area contributed by atoms with Crippen LogP contribution < -0.4 is 20.3 Å². The molecule has 232 valence electrons. The lowest BCUT2D eigenvalue weighted by molar-refractivity contribution is -0.132. The number of hydrogen-bond donors (Lipinski definition) is 2. The number of nitrogens with one attached hydrogen (secondary N) is 2. The summed E-state index contributed by atoms with van der Waals surface area (Å²) >= 11 is 0. The smallest absolute Gasteiger partial charge is 0.243 e. The molecular weight excluding hydrogens is 536 g/mol. The molecule has 7 heteroatoms. The fraction of sp³-hybridized carbons (Fsp3) is 0.444. The highest BCUT2D eigenvalue weighted by atomic mass is 16.5. The van der Waals surface area contributed by atoms with Crippen LogP contribution in [0.3, 0.4) is 0 Å². The maximum atomic E-state index is 13.8. The third kappa shape index (κ3) is 11.4. The Morgan fingerprint density at radius 1 is 0.791 bits per heavy atom. The number of hydrogen-bond acceptors (Lipinski definition) is 5. The van der Waals surface area contributed by atoms with Crippen LogP contribution in [0.4, 0.5) is 5.69 Å². The summed E-state index contributed by atoms with van der Waals surface area (Å²) in [6, 6.07) is 25.0. The second-order valence-corrected chi connectivity index (χ2v) is 13.0. The quantitative estimate of drug-likeness (QED) is 0.249. The lowest BCUT2D eigenvalue weighted by Crippen LogP contribution is -2.56. The summed E-state index contributed by atoms with van der Waals surface area (Å²) in [4.78, 5) is 31.4. The molecule has 0 aliphatic heterocycles. The Morgan fingerprint density at radius 3 is 1.95 bits per heavy atom. The molecule has 3 aromatic rings. The summed E-state index contributed by atoms with van der Waals surface area (Å²) in [5, 5.41) is 6.18. The Bertz CT molecular complexity index is 1280. The molecule has 0 saturated carbocycles. The lowest BCUT2D eigenvalue weighted by atomic mass is 9.99. The maximum absolute atomic E-state index is 13.8. The van der Waals surface area contributed by atoms with Gasteiger partial charge in [-0.05, 0) is 81.1 Å². The van der Waals surface area contributed by atoms with Gasteiger partial charge in [0.1, 0.15) is 18.4 Å². The van der Waals surface area contributed by atoms with Crippen molar-refractivity contribution in [2.24, 2.45) is 5.92 Å². The minimum atomic E-state index is -0.717. The van der Waals surface area contributed by atoms with Crippen LogP contribution in [0.25, 0.3) is 0 Å². The molecule has 0 bridgehead atoms. The standard InChI is InChI=1S/C36H50N4O3/c1-26(2)22-33(40(8)24-28-14-18-30(19-15-28)39(6)7)35(42)37-32(34(41)38-36(3,4)5)23-27-16-20-31(21-17-27)43-25-29-12-10-9-11-13-29/h9-21,26,32-33H,22-25H2,1-8H3,(H,37,42)(H,38,41)/t32-,33-/m0/s1. The van der Waals surface area contributed by atoms with Gasteiger partial charge in [-0.1, -0.05) is 68.4 Å². The minimum absolute atomic E-state index is 0.141. The van der Waals surface area contributed by atoms with Crippen molar-refractivity contribution in [2.45, 2.75) is 78.2 Å². The largest absolute Gasteiger partial charge is 0.489 e. The highest BCUT2D eigenvalue weighted by Crippen LogP contribution is 2.19. The van der Waals surface area contributed by atoms with Crippen LogP contribution in [0.5, 0.6) is 5.75 Å². The van der Waals surface area contributed by atoms with Gasteiger partial charge in [0.15, 0.2) is 0 Å². The Labute approximate surface area is 258 Å². The van der Waals surface area contributed by atoms with Crippen molar-refractivity contribution >= 4 is 17.5 Å². The Hall–Kier alpha value is -3.84. The molecule has 2 amide bonds. The fourth-order valence-corrected chi connectivity index (χ4v) is 4.86. The summed E-state index contributed by atoms with van der Waals surface area (Å²) < 4.78 is 5.93. The first-order valence-electron chi connectivity index (χ1n) is 15.2. The highest BCUT2D eigenvalue weighted by molar-refractivity contribution is 5.90. The van der Waals surface area contributed by atoms with Crippen molar-refractivity contribution in [3.8, 4) is 5.75 Å². The second-order valence-electron chi connectivity index (χ2n) is 13.0. The van der Waals surface area contributed by atoms with Crippen LogP contribution in [0.2, 0.25) is 0 Å². The zero-order valence-electron chi connectivity index (χ0n) is 27.2. The van der Waals surface area contributed by atoms with E-state index in [-0.39, 0.29) is 17.9 Å². The summed E-state index contributed by atoms with van der Waals surface area (Å²) in [6.45, 7) is 11.2. The van der Waals surface area contributed by atoms with Crippen molar-refractivity contribution in [3.05, 3.63) is 95.6 Å². The van der Waals surface area contributed by atoms with Crippen molar-refractivity contribution < 1.29 is 14.3 Å². The molecule has 0 fully saturated rings. The predicted molar refractivity (Wildman–Crippen MR) is 176 cm³/mol. The van der Waals surface area contributed by atoms with E-state index in [9.17, 15) is 9.59 Å². The molecule has 2 N–H and O–H groups in total. The van der Waals surface area contributed by atoms with Gasteiger partial charge >= 0.3 is 0 Å². The van der Waals surface area contributed by atoms with Crippen molar-refractivity contribution in [2.75, 3.05) is 26.0 Å². The molecule has 0 radical (unpaired) electrons. The Morgan fingerprint density at radius 2 is 1.40 bits per heavy atom. The Kier molecular flexibility index (Phi) is 12.2. The first-order valence-corrected chi connectivity index (χ1v) is 15.2. The van der Waals surface area contributed by atoms with E-state index in [2.05, 4.69) is 58.5 Å². The molecule has 0 heterocycles. The number of anilines is 1. The van der Waals surface area contributed by atoms with E-state index >= 15 is 0 Å². The lowest BCUT2D eigenvalue weighted by Gasteiger charge is -2.31. The average molecular weight is 587 g/mol. The first-order chi connectivity index (χ1) is 20.3. The number of carbonyl (C=O) groups is 2. The van der Waals surface area contributed by atoms with Gasteiger partial charge in [-0.15, -0.1) is 0 Å². The van der Waals surface area contributed by atoms with Gasteiger partial charge in [0, 0.05) is 38.3 Å². The molecule has 0 aliphatic rings. The van der Waals surface area contributed by atoms with E-state index in [1.54, 1.807) is 0 Å². The maximum Gasteiger partial charge on any atom is 0.243 e. The van der Waals surface area contributed by atoms with Gasteiger partial charge in [0.25, 0.3) is 0 Å². The number of benzene rings is 3. The van der Waals surface area contributed by atoms with Crippen LogP contribution in [-0.2, 0) is 29.2 Å². The van der Waals surface area contributed by atoms with E-state index in [4.69, 9.17) is 4.74 Å². The van der Waals surface area contributed by atoms with Gasteiger partial charge in [-0.2, -0.15) is 0 Å².